The molecule has 158 valence electrons. The van der Waals surface area contributed by atoms with Crippen molar-refractivity contribution in [3.05, 3.63) is 29.8 Å². The van der Waals surface area contributed by atoms with Gasteiger partial charge in [0.15, 0.2) is 12.6 Å². The number of hydrogen-bond donors (Lipinski definition) is 0. The predicted molar refractivity (Wildman–Crippen MR) is 109 cm³/mol. The monoisotopic (exact) mass is 392 g/mol. The molecule has 0 saturated heterocycles. The highest BCUT2D eigenvalue weighted by Crippen LogP contribution is 2.36. The molecule has 1 saturated carbocycles. The Balaban J connectivity index is 1.99. The van der Waals surface area contributed by atoms with Gasteiger partial charge >= 0.3 is 5.97 Å². The van der Waals surface area contributed by atoms with Crippen LogP contribution in [0.2, 0.25) is 0 Å². The number of carbonyl (C=O) groups is 1. The Hall–Kier alpha value is -1.59. The van der Waals surface area contributed by atoms with Crippen LogP contribution in [0.15, 0.2) is 24.3 Å². The Morgan fingerprint density at radius 3 is 2.68 bits per heavy atom. The van der Waals surface area contributed by atoms with Gasteiger partial charge in [-0.15, -0.1) is 0 Å². The first kappa shape index (κ1) is 22.7. The lowest BCUT2D eigenvalue weighted by Gasteiger charge is -2.32. The first-order valence-electron chi connectivity index (χ1n) is 10.7. The normalized spacial score (nSPS) is 21.7. The molecule has 1 aliphatic rings. The van der Waals surface area contributed by atoms with Gasteiger partial charge in [-0.1, -0.05) is 38.3 Å². The van der Waals surface area contributed by atoms with Crippen LogP contribution < -0.4 is 4.74 Å². The minimum Gasteiger partial charge on any atom is -0.465 e. The molecule has 2 rings (SSSR count). The molecule has 0 N–H and O–H groups in total. The molecular formula is C23H36O5. The Labute approximate surface area is 169 Å². The van der Waals surface area contributed by atoms with E-state index in [0.717, 1.165) is 56.3 Å². The van der Waals surface area contributed by atoms with E-state index >= 15 is 0 Å². The summed E-state index contributed by atoms with van der Waals surface area (Å²) in [4.78, 5) is 12.2. The third-order valence-corrected chi connectivity index (χ3v) is 5.27. The molecule has 4 unspecified atom stereocenters. The van der Waals surface area contributed by atoms with Crippen LogP contribution in [0.1, 0.15) is 83.6 Å². The first-order valence-corrected chi connectivity index (χ1v) is 10.7. The quantitative estimate of drug-likeness (QED) is 0.280. The van der Waals surface area contributed by atoms with Crippen molar-refractivity contribution in [3.8, 4) is 5.75 Å². The number of benzene rings is 1. The van der Waals surface area contributed by atoms with E-state index in [4.69, 9.17) is 18.9 Å². The summed E-state index contributed by atoms with van der Waals surface area (Å²) in [6.07, 6.45) is 7.06. The molecule has 1 aliphatic carbocycles. The summed E-state index contributed by atoms with van der Waals surface area (Å²) in [6, 6.07) is 8.07. The van der Waals surface area contributed by atoms with Crippen LogP contribution in [0.25, 0.3) is 0 Å². The van der Waals surface area contributed by atoms with Gasteiger partial charge in [0.1, 0.15) is 11.9 Å². The van der Waals surface area contributed by atoms with Gasteiger partial charge in [0.25, 0.3) is 0 Å². The fraction of sp³-hybridized carbons (Fsp3) is 0.696. The van der Waals surface area contributed by atoms with Crippen LogP contribution >= 0.6 is 0 Å². The molecule has 1 aromatic rings. The van der Waals surface area contributed by atoms with E-state index in [0.29, 0.717) is 6.42 Å². The maximum absolute atomic E-state index is 12.2. The molecule has 0 amide bonds. The molecule has 0 aromatic heterocycles. The summed E-state index contributed by atoms with van der Waals surface area (Å²) in [7, 11) is 1.60. The van der Waals surface area contributed by atoms with Crippen molar-refractivity contribution < 1.29 is 23.7 Å². The summed E-state index contributed by atoms with van der Waals surface area (Å²) in [5, 5.41) is 0. The number of esters is 1. The van der Waals surface area contributed by atoms with Crippen molar-refractivity contribution in [1.82, 2.24) is 0 Å². The summed E-state index contributed by atoms with van der Waals surface area (Å²) in [5.74, 6) is 0.918. The van der Waals surface area contributed by atoms with Gasteiger partial charge in [-0.2, -0.15) is 0 Å². The summed E-state index contributed by atoms with van der Waals surface area (Å²) < 4.78 is 22.5. The van der Waals surface area contributed by atoms with Crippen molar-refractivity contribution >= 4 is 5.97 Å². The molecule has 0 heterocycles. The summed E-state index contributed by atoms with van der Waals surface area (Å²) >= 11 is 0. The largest absolute Gasteiger partial charge is 0.465 e. The topological polar surface area (TPSA) is 54.0 Å². The molecule has 0 radical (unpaired) electrons. The zero-order chi connectivity index (χ0) is 20.4. The van der Waals surface area contributed by atoms with Crippen LogP contribution in [0.3, 0.4) is 0 Å². The summed E-state index contributed by atoms with van der Waals surface area (Å²) in [5.41, 5.74) is 1.16. The van der Waals surface area contributed by atoms with Crippen molar-refractivity contribution in [3.63, 3.8) is 0 Å². The lowest BCUT2D eigenvalue weighted by molar-refractivity contribution is -0.192. The average Bonchev–Trinajstić information content (AvgIpc) is 2.68. The number of rotatable bonds is 11. The van der Waals surface area contributed by atoms with Crippen LogP contribution in [-0.4, -0.2) is 31.8 Å². The van der Waals surface area contributed by atoms with Crippen molar-refractivity contribution in [2.24, 2.45) is 0 Å². The highest BCUT2D eigenvalue weighted by Gasteiger charge is 2.29. The second kappa shape index (κ2) is 12.1. The average molecular weight is 393 g/mol. The smallest absolute Gasteiger partial charge is 0.306 e. The molecule has 0 spiro atoms. The molecule has 0 aliphatic heterocycles. The Morgan fingerprint density at radius 1 is 1.14 bits per heavy atom. The molecule has 5 nitrogen and oxygen atoms in total. The van der Waals surface area contributed by atoms with Gasteiger partial charge in [-0.3, -0.25) is 4.79 Å². The number of ether oxygens (including phenoxy) is 4. The van der Waals surface area contributed by atoms with Gasteiger partial charge in [0, 0.05) is 19.4 Å². The third kappa shape index (κ3) is 7.44. The van der Waals surface area contributed by atoms with E-state index in [1.807, 2.05) is 32.0 Å². The first-order chi connectivity index (χ1) is 13.5. The lowest BCUT2D eigenvalue weighted by atomic mass is 9.81. The minimum atomic E-state index is -0.413. The summed E-state index contributed by atoms with van der Waals surface area (Å²) in [6.45, 7) is 5.82. The van der Waals surface area contributed by atoms with Gasteiger partial charge in [0.05, 0.1) is 0 Å². The van der Waals surface area contributed by atoms with E-state index in [1.54, 1.807) is 7.11 Å². The maximum atomic E-state index is 12.2. The van der Waals surface area contributed by atoms with Crippen molar-refractivity contribution in [2.75, 3.05) is 7.11 Å². The molecular weight excluding hydrogens is 356 g/mol. The van der Waals surface area contributed by atoms with Gasteiger partial charge < -0.3 is 18.9 Å². The number of methoxy groups -OCH3 is 1. The predicted octanol–water partition coefficient (Wildman–Crippen LogP) is 5.57. The van der Waals surface area contributed by atoms with Gasteiger partial charge in [-0.05, 0) is 57.2 Å². The van der Waals surface area contributed by atoms with E-state index in [2.05, 4.69) is 13.0 Å². The zero-order valence-electron chi connectivity index (χ0n) is 17.8. The molecule has 0 bridgehead atoms. The number of carbonyl (C=O) groups excluding carboxylic acids is 1. The maximum Gasteiger partial charge on any atom is 0.306 e. The van der Waals surface area contributed by atoms with E-state index in [-0.39, 0.29) is 24.3 Å². The SMILES string of the molecule is CCCCCC(=O)OC1CCCCC1c1cccc(OC(C)OC(C)OC)c1. The van der Waals surface area contributed by atoms with E-state index < -0.39 is 6.29 Å². The van der Waals surface area contributed by atoms with E-state index in [1.165, 1.54) is 0 Å². The van der Waals surface area contributed by atoms with Gasteiger partial charge in [0.2, 0.25) is 0 Å². The van der Waals surface area contributed by atoms with Crippen molar-refractivity contribution in [1.29, 1.82) is 0 Å². The number of hydrogen-bond acceptors (Lipinski definition) is 5. The highest BCUT2D eigenvalue weighted by molar-refractivity contribution is 5.69. The van der Waals surface area contributed by atoms with Gasteiger partial charge in [-0.25, -0.2) is 0 Å². The van der Waals surface area contributed by atoms with Crippen molar-refractivity contribution in [2.45, 2.75) is 96.7 Å². The second-order valence-electron chi connectivity index (χ2n) is 7.57. The Morgan fingerprint density at radius 2 is 1.93 bits per heavy atom. The molecule has 4 atom stereocenters. The molecule has 1 fully saturated rings. The standard InChI is InChI=1S/C23H36O5/c1-5-6-7-15-23(24)28-22-14-9-8-13-21(22)19-11-10-12-20(16-19)27-18(3)26-17(2)25-4/h10-12,16-18,21-22H,5-9,13-15H2,1-4H3. The van der Waals surface area contributed by atoms with Crippen LogP contribution in [0, 0.1) is 0 Å². The fourth-order valence-corrected chi connectivity index (χ4v) is 3.73. The lowest BCUT2D eigenvalue weighted by Crippen LogP contribution is -2.28. The van der Waals surface area contributed by atoms with Crippen LogP contribution in [-0.2, 0) is 19.0 Å². The van der Waals surface area contributed by atoms with Crippen LogP contribution in [0.5, 0.6) is 5.75 Å². The highest BCUT2D eigenvalue weighted by atomic mass is 16.8. The Bertz CT molecular complexity index is 588. The molecule has 5 heteroatoms. The molecule has 28 heavy (non-hydrogen) atoms. The zero-order valence-corrected chi connectivity index (χ0v) is 17.8. The number of unbranched alkanes of at least 4 members (excludes halogenated alkanes) is 2. The molecule has 1 aromatic carbocycles. The second-order valence-corrected chi connectivity index (χ2v) is 7.57. The fourth-order valence-electron chi connectivity index (χ4n) is 3.73. The van der Waals surface area contributed by atoms with Crippen LogP contribution in [0.4, 0.5) is 0 Å². The Kier molecular flexibility index (Phi) is 9.79. The third-order valence-electron chi connectivity index (χ3n) is 5.27. The van der Waals surface area contributed by atoms with E-state index in [9.17, 15) is 4.79 Å². The minimum absolute atomic E-state index is 0.0414.